The van der Waals surface area contributed by atoms with Crippen molar-refractivity contribution in [2.24, 2.45) is 0 Å². The van der Waals surface area contributed by atoms with Gasteiger partial charge < -0.3 is 19.7 Å². The van der Waals surface area contributed by atoms with Crippen molar-refractivity contribution in [2.45, 2.75) is 0 Å². The lowest BCUT2D eigenvalue weighted by molar-refractivity contribution is 0.394. The number of thiophene rings is 1. The van der Waals surface area contributed by atoms with E-state index in [1.807, 2.05) is 17.5 Å². The first kappa shape index (κ1) is 16.1. The van der Waals surface area contributed by atoms with E-state index in [0.717, 1.165) is 4.88 Å². The van der Waals surface area contributed by atoms with Gasteiger partial charge in [0.05, 0.1) is 24.8 Å². The van der Waals surface area contributed by atoms with Crippen LogP contribution in [0.5, 0.6) is 11.5 Å². The van der Waals surface area contributed by atoms with Gasteiger partial charge in [0.15, 0.2) is 11.5 Å². The molecule has 0 amide bonds. The minimum absolute atomic E-state index is 0.201. The van der Waals surface area contributed by atoms with E-state index in [-0.39, 0.29) is 11.7 Å². The van der Waals surface area contributed by atoms with Crippen LogP contribution in [0.3, 0.4) is 0 Å². The van der Waals surface area contributed by atoms with Crippen molar-refractivity contribution in [1.82, 2.24) is 25.1 Å². The third-order valence-corrected chi connectivity index (χ3v) is 4.52. The summed E-state index contributed by atoms with van der Waals surface area (Å²) in [7, 11) is 3.14. The van der Waals surface area contributed by atoms with E-state index in [2.05, 4.69) is 20.5 Å². The van der Waals surface area contributed by atoms with Crippen LogP contribution in [0.2, 0.25) is 0 Å². The van der Waals surface area contributed by atoms with Crippen molar-refractivity contribution in [3.63, 3.8) is 0 Å². The zero-order chi connectivity index (χ0) is 18.1. The molecule has 0 aliphatic rings. The summed E-state index contributed by atoms with van der Waals surface area (Å²) in [5.74, 6) is 2.16. The molecule has 4 aromatic rings. The summed E-state index contributed by atoms with van der Waals surface area (Å²) in [6.07, 6.45) is 0. The van der Waals surface area contributed by atoms with Gasteiger partial charge in [0, 0.05) is 18.2 Å². The topological polar surface area (TPSA) is 114 Å². The molecule has 1 aromatic carbocycles. The number of anilines is 1. The highest BCUT2D eigenvalue weighted by molar-refractivity contribution is 7.13. The van der Waals surface area contributed by atoms with Crippen molar-refractivity contribution in [2.75, 3.05) is 20.0 Å². The Bertz CT molecular complexity index is 1020. The molecule has 0 fully saturated rings. The molecule has 0 unspecified atom stereocenters. The van der Waals surface area contributed by atoms with Crippen molar-refractivity contribution >= 4 is 17.2 Å². The maximum atomic E-state index is 6.21. The monoisotopic (exact) mass is 370 g/mol. The number of benzene rings is 1. The maximum absolute atomic E-state index is 6.21. The van der Waals surface area contributed by atoms with E-state index in [0.29, 0.717) is 28.7 Å². The third-order valence-electron chi connectivity index (χ3n) is 3.66. The smallest absolute Gasteiger partial charge is 0.282 e. The molecular weight excluding hydrogens is 356 g/mol. The van der Waals surface area contributed by atoms with Crippen LogP contribution in [0, 0.1) is 0 Å². The van der Waals surface area contributed by atoms with Crippen LogP contribution in [0.25, 0.3) is 28.0 Å². The minimum Gasteiger partial charge on any atom is -0.497 e. The largest absolute Gasteiger partial charge is 0.497 e. The Hall–Kier alpha value is -3.40. The standard InChI is InChI=1S/C16H14N6O3S/c1-23-10-6-9(7-11(8-10)24-2)22-14(17)13(19-21-22)16-18-15(20-25-16)12-4-3-5-26-12/h3-8H,17H2,1-2H3. The number of nitrogens with two attached hydrogens (primary N) is 1. The first-order valence-corrected chi connectivity index (χ1v) is 8.40. The SMILES string of the molecule is COc1cc(OC)cc(-n2nnc(-c3nc(-c4cccs4)no3)c2N)c1. The molecule has 10 heteroatoms. The Balaban J connectivity index is 1.73. The Morgan fingerprint density at radius 2 is 1.92 bits per heavy atom. The van der Waals surface area contributed by atoms with Crippen molar-refractivity contribution < 1.29 is 14.0 Å². The predicted octanol–water partition coefficient (Wildman–Crippen LogP) is 2.65. The molecular formula is C16H14N6O3S. The molecule has 9 nitrogen and oxygen atoms in total. The molecule has 0 aliphatic carbocycles. The van der Waals surface area contributed by atoms with Gasteiger partial charge in [-0.25, -0.2) is 0 Å². The molecule has 0 atom stereocenters. The van der Waals surface area contributed by atoms with E-state index in [1.165, 1.54) is 16.0 Å². The van der Waals surface area contributed by atoms with E-state index in [9.17, 15) is 0 Å². The van der Waals surface area contributed by atoms with Gasteiger partial charge in [-0.2, -0.15) is 9.67 Å². The van der Waals surface area contributed by atoms with Crippen LogP contribution in [0.1, 0.15) is 0 Å². The molecule has 0 bridgehead atoms. The van der Waals surface area contributed by atoms with Gasteiger partial charge in [0.2, 0.25) is 5.82 Å². The number of hydrogen-bond donors (Lipinski definition) is 1. The van der Waals surface area contributed by atoms with Gasteiger partial charge in [0.25, 0.3) is 5.89 Å². The Morgan fingerprint density at radius 3 is 2.58 bits per heavy atom. The summed E-state index contributed by atoms with van der Waals surface area (Å²) in [5, 5.41) is 14.1. The first-order chi connectivity index (χ1) is 12.7. The highest BCUT2D eigenvalue weighted by Crippen LogP contribution is 2.30. The number of ether oxygens (including phenoxy) is 2. The summed E-state index contributed by atoms with van der Waals surface area (Å²) in [5.41, 5.74) is 7.15. The molecule has 0 saturated heterocycles. The van der Waals surface area contributed by atoms with Crippen molar-refractivity contribution in [3.05, 3.63) is 35.7 Å². The van der Waals surface area contributed by atoms with E-state index in [4.69, 9.17) is 19.7 Å². The fraction of sp³-hybridized carbons (Fsp3) is 0.125. The van der Waals surface area contributed by atoms with Gasteiger partial charge in [0.1, 0.15) is 11.5 Å². The van der Waals surface area contributed by atoms with Gasteiger partial charge in [-0.15, -0.1) is 16.4 Å². The molecule has 3 aromatic heterocycles. The first-order valence-electron chi connectivity index (χ1n) is 7.52. The lowest BCUT2D eigenvalue weighted by atomic mass is 10.2. The van der Waals surface area contributed by atoms with Crippen LogP contribution in [-0.4, -0.2) is 39.4 Å². The summed E-state index contributed by atoms with van der Waals surface area (Å²) in [6, 6.07) is 9.10. The second-order valence-corrected chi connectivity index (χ2v) is 6.15. The molecule has 3 heterocycles. The summed E-state index contributed by atoms with van der Waals surface area (Å²) in [4.78, 5) is 5.24. The normalized spacial score (nSPS) is 10.8. The van der Waals surface area contributed by atoms with Crippen LogP contribution in [0.15, 0.2) is 40.2 Å². The molecule has 0 radical (unpaired) electrons. The number of hydrogen-bond acceptors (Lipinski definition) is 9. The van der Waals surface area contributed by atoms with Crippen LogP contribution < -0.4 is 15.2 Å². The van der Waals surface area contributed by atoms with E-state index in [1.54, 1.807) is 32.4 Å². The molecule has 26 heavy (non-hydrogen) atoms. The molecule has 0 spiro atoms. The second kappa shape index (κ2) is 6.48. The quantitative estimate of drug-likeness (QED) is 0.570. The molecule has 0 aliphatic heterocycles. The molecule has 132 valence electrons. The lowest BCUT2D eigenvalue weighted by Crippen LogP contribution is -2.03. The van der Waals surface area contributed by atoms with Gasteiger partial charge >= 0.3 is 0 Å². The summed E-state index contributed by atoms with van der Waals surface area (Å²) in [6.45, 7) is 0. The van der Waals surface area contributed by atoms with Crippen molar-refractivity contribution in [1.29, 1.82) is 0 Å². The number of aromatic nitrogens is 5. The highest BCUT2D eigenvalue weighted by atomic mass is 32.1. The lowest BCUT2D eigenvalue weighted by Gasteiger charge is -2.08. The number of nitrogen functional groups attached to an aromatic ring is 1. The number of nitrogens with zero attached hydrogens (tertiary/aromatic N) is 5. The van der Waals surface area contributed by atoms with Crippen LogP contribution >= 0.6 is 11.3 Å². The minimum atomic E-state index is 0.201. The molecule has 0 saturated carbocycles. The third kappa shape index (κ3) is 2.75. The van der Waals surface area contributed by atoms with Crippen LogP contribution in [-0.2, 0) is 0 Å². The van der Waals surface area contributed by atoms with Crippen LogP contribution in [0.4, 0.5) is 5.82 Å². The van der Waals surface area contributed by atoms with Gasteiger partial charge in [-0.05, 0) is 11.4 Å². The molecule has 4 rings (SSSR count). The average Bonchev–Trinajstić information content (AvgIpc) is 3.41. The number of rotatable bonds is 5. The second-order valence-electron chi connectivity index (χ2n) is 5.21. The predicted molar refractivity (Wildman–Crippen MR) is 95.5 cm³/mol. The Morgan fingerprint density at radius 1 is 1.15 bits per heavy atom. The van der Waals surface area contributed by atoms with Gasteiger partial charge in [-0.1, -0.05) is 16.4 Å². The fourth-order valence-electron chi connectivity index (χ4n) is 2.37. The maximum Gasteiger partial charge on any atom is 0.282 e. The zero-order valence-electron chi connectivity index (χ0n) is 13.9. The molecule has 2 N–H and O–H groups in total. The average molecular weight is 370 g/mol. The number of methoxy groups -OCH3 is 2. The zero-order valence-corrected chi connectivity index (χ0v) is 14.7. The van der Waals surface area contributed by atoms with E-state index >= 15 is 0 Å². The fourth-order valence-corrected chi connectivity index (χ4v) is 3.02. The Kier molecular flexibility index (Phi) is 4.01. The highest BCUT2D eigenvalue weighted by Gasteiger charge is 2.20. The van der Waals surface area contributed by atoms with Crippen molar-refractivity contribution in [3.8, 4) is 39.5 Å². The van der Waals surface area contributed by atoms with Gasteiger partial charge in [-0.3, -0.25) is 0 Å². The summed E-state index contributed by atoms with van der Waals surface area (Å²) < 4.78 is 17.3. The summed E-state index contributed by atoms with van der Waals surface area (Å²) >= 11 is 1.51. The Labute approximate surface area is 152 Å². The van der Waals surface area contributed by atoms with E-state index < -0.39 is 0 Å².